The predicted molar refractivity (Wildman–Crippen MR) is 73.7 cm³/mol. The molecule has 1 fully saturated rings. The molecule has 100 valence electrons. The molecule has 0 saturated carbocycles. The van der Waals surface area contributed by atoms with Crippen LogP contribution in [0.2, 0.25) is 5.02 Å². The fourth-order valence-electron chi connectivity index (χ4n) is 2.18. The van der Waals surface area contributed by atoms with Gasteiger partial charge in [0.05, 0.1) is 24.3 Å². The van der Waals surface area contributed by atoms with Crippen LogP contribution < -0.4 is 15.0 Å². The van der Waals surface area contributed by atoms with Gasteiger partial charge in [0.15, 0.2) is 0 Å². The smallest absolute Gasteiger partial charge is 0.139 e. The van der Waals surface area contributed by atoms with E-state index >= 15 is 0 Å². The van der Waals surface area contributed by atoms with E-state index in [-0.39, 0.29) is 12.1 Å². The van der Waals surface area contributed by atoms with E-state index in [2.05, 4.69) is 10.2 Å². The van der Waals surface area contributed by atoms with Crippen molar-refractivity contribution in [1.82, 2.24) is 5.32 Å². The highest BCUT2D eigenvalue weighted by Crippen LogP contribution is 2.29. The maximum Gasteiger partial charge on any atom is 0.139 e. The molecule has 0 aliphatic carbocycles. The number of rotatable bonds is 3. The summed E-state index contributed by atoms with van der Waals surface area (Å²) < 4.78 is 5.23. The van der Waals surface area contributed by atoms with Crippen molar-refractivity contribution in [3.05, 3.63) is 23.2 Å². The molecule has 0 bridgehead atoms. The van der Waals surface area contributed by atoms with Crippen LogP contribution in [0.5, 0.6) is 5.75 Å². The van der Waals surface area contributed by atoms with Gasteiger partial charge in [-0.2, -0.15) is 0 Å². The third-order valence-corrected chi connectivity index (χ3v) is 3.60. The Morgan fingerprint density at radius 3 is 3.00 bits per heavy atom. The van der Waals surface area contributed by atoms with Crippen molar-refractivity contribution in [3.63, 3.8) is 0 Å². The molecule has 5 heteroatoms. The molecular weight excluding hydrogens is 252 g/mol. The Morgan fingerprint density at radius 1 is 1.56 bits per heavy atom. The maximum atomic E-state index is 9.65. The van der Waals surface area contributed by atoms with Crippen LogP contribution in [0.1, 0.15) is 6.92 Å². The molecule has 1 aromatic carbocycles. The van der Waals surface area contributed by atoms with Crippen molar-refractivity contribution in [2.45, 2.75) is 19.1 Å². The van der Waals surface area contributed by atoms with E-state index in [0.29, 0.717) is 10.8 Å². The molecule has 1 saturated heterocycles. The first kappa shape index (κ1) is 13.5. The lowest BCUT2D eigenvalue weighted by Crippen LogP contribution is -2.55. The number of anilines is 1. The number of aliphatic hydroxyl groups is 1. The van der Waals surface area contributed by atoms with E-state index in [9.17, 15) is 5.11 Å². The zero-order chi connectivity index (χ0) is 13.1. The molecular formula is C13H19ClN2O2. The molecule has 2 N–H and O–H groups in total. The quantitative estimate of drug-likeness (QED) is 0.874. The lowest BCUT2D eigenvalue weighted by Gasteiger charge is -2.36. The van der Waals surface area contributed by atoms with Crippen LogP contribution in [0.25, 0.3) is 0 Å². The molecule has 4 nitrogen and oxygen atoms in total. The van der Waals surface area contributed by atoms with Crippen LogP contribution in [0.3, 0.4) is 0 Å². The molecule has 0 aromatic heterocycles. The molecule has 1 aliphatic rings. The molecule has 1 heterocycles. The van der Waals surface area contributed by atoms with Crippen LogP contribution in [0.4, 0.5) is 5.69 Å². The Kier molecular flexibility index (Phi) is 4.32. The van der Waals surface area contributed by atoms with Gasteiger partial charge >= 0.3 is 0 Å². The van der Waals surface area contributed by atoms with Gasteiger partial charge in [0.1, 0.15) is 5.75 Å². The minimum absolute atomic E-state index is 0.0976. The van der Waals surface area contributed by atoms with Crippen molar-refractivity contribution in [3.8, 4) is 5.75 Å². The highest BCUT2D eigenvalue weighted by Gasteiger charge is 2.23. The van der Waals surface area contributed by atoms with Crippen LogP contribution in [-0.4, -0.2) is 44.0 Å². The fraction of sp³-hybridized carbons (Fsp3) is 0.538. The number of hydrogen-bond acceptors (Lipinski definition) is 4. The zero-order valence-electron chi connectivity index (χ0n) is 10.7. The summed E-state index contributed by atoms with van der Waals surface area (Å²) in [6.07, 6.45) is -0.359. The fourth-order valence-corrected chi connectivity index (χ4v) is 2.38. The van der Waals surface area contributed by atoms with Crippen molar-refractivity contribution < 1.29 is 9.84 Å². The first-order valence-electron chi connectivity index (χ1n) is 6.11. The summed E-state index contributed by atoms with van der Waals surface area (Å²) in [5, 5.41) is 13.6. The number of ether oxygens (including phenoxy) is 1. The molecule has 2 atom stereocenters. The first-order valence-corrected chi connectivity index (χ1v) is 6.49. The summed E-state index contributed by atoms with van der Waals surface area (Å²) in [5.74, 6) is 0.682. The predicted octanol–water partition coefficient (Wildman–Crippen LogP) is 1.51. The van der Waals surface area contributed by atoms with Gasteiger partial charge in [0, 0.05) is 31.4 Å². The van der Waals surface area contributed by atoms with Crippen LogP contribution in [0.15, 0.2) is 18.2 Å². The zero-order valence-corrected chi connectivity index (χ0v) is 11.4. The van der Waals surface area contributed by atoms with E-state index < -0.39 is 0 Å². The summed E-state index contributed by atoms with van der Waals surface area (Å²) >= 11 is 6.02. The van der Waals surface area contributed by atoms with Crippen molar-refractivity contribution in [2.24, 2.45) is 0 Å². The monoisotopic (exact) mass is 270 g/mol. The van der Waals surface area contributed by atoms with E-state index in [4.69, 9.17) is 16.3 Å². The second-order valence-electron chi connectivity index (χ2n) is 4.57. The minimum atomic E-state index is -0.359. The number of nitrogens with one attached hydrogen (secondary N) is 1. The topological polar surface area (TPSA) is 44.7 Å². The molecule has 1 aliphatic heterocycles. The van der Waals surface area contributed by atoms with Crippen LogP contribution in [-0.2, 0) is 0 Å². The van der Waals surface area contributed by atoms with E-state index in [0.717, 1.165) is 25.3 Å². The van der Waals surface area contributed by atoms with Crippen LogP contribution >= 0.6 is 11.6 Å². The average Bonchev–Trinajstić information content (AvgIpc) is 2.39. The number of benzene rings is 1. The van der Waals surface area contributed by atoms with Gasteiger partial charge in [-0.3, -0.25) is 0 Å². The standard InChI is InChI=1S/C13H19ClN2O2/c1-9(17)12-8-16(6-5-15-12)10-3-4-11(14)13(7-10)18-2/h3-4,7,9,12,15,17H,5-6,8H2,1-2H3. The number of piperazine rings is 1. The summed E-state index contributed by atoms with van der Waals surface area (Å²) in [5.41, 5.74) is 1.07. The molecule has 0 radical (unpaired) electrons. The van der Waals surface area contributed by atoms with Crippen molar-refractivity contribution in [2.75, 3.05) is 31.6 Å². The average molecular weight is 271 g/mol. The SMILES string of the molecule is COc1cc(N2CCNC(C(C)O)C2)ccc1Cl. The molecule has 1 aromatic rings. The minimum Gasteiger partial charge on any atom is -0.495 e. The number of nitrogens with zero attached hydrogens (tertiary/aromatic N) is 1. The van der Waals surface area contributed by atoms with Gasteiger partial charge in [-0.15, -0.1) is 0 Å². The normalized spacial score (nSPS) is 21.8. The molecule has 18 heavy (non-hydrogen) atoms. The lowest BCUT2D eigenvalue weighted by atomic mass is 10.1. The Morgan fingerprint density at radius 2 is 2.33 bits per heavy atom. The Labute approximate surface area is 113 Å². The highest BCUT2D eigenvalue weighted by molar-refractivity contribution is 6.32. The third kappa shape index (κ3) is 2.88. The summed E-state index contributed by atoms with van der Waals surface area (Å²) in [6.45, 7) is 4.36. The lowest BCUT2D eigenvalue weighted by molar-refractivity contribution is 0.141. The van der Waals surface area contributed by atoms with Gasteiger partial charge in [-0.05, 0) is 19.1 Å². The van der Waals surface area contributed by atoms with Gasteiger partial charge in [0.2, 0.25) is 0 Å². The summed E-state index contributed by atoms with van der Waals surface area (Å²) in [7, 11) is 1.61. The van der Waals surface area contributed by atoms with E-state index in [1.165, 1.54) is 0 Å². The Balaban J connectivity index is 2.15. The van der Waals surface area contributed by atoms with E-state index in [1.54, 1.807) is 7.11 Å². The molecule has 0 spiro atoms. The number of methoxy groups -OCH3 is 1. The largest absolute Gasteiger partial charge is 0.495 e. The van der Waals surface area contributed by atoms with Crippen molar-refractivity contribution >= 4 is 17.3 Å². The second kappa shape index (κ2) is 5.78. The van der Waals surface area contributed by atoms with Gasteiger partial charge < -0.3 is 20.1 Å². The van der Waals surface area contributed by atoms with Gasteiger partial charge in [-0.1, -0.05) is 11.6 Å². The second-order valence-corrected chi connectivity index (χ2v) is 4.97. The maximum absolute atomic E-state index is 9.65. The number of hydrogen-bond donors (Lipinski definition) is 2. The molecule has 2 unspecified atom stereocenters. The number of aliphatic hydroxyl groups excluding tert-OH is 1. The summed E-state index contributed by atoms with van der Waals surface area (Å²) in [4.78, 5) is 2.23. The highest BCUT2D eigenvalue weighted by atomic mass is 35.5. The van der Waals surface area contributed by atoms with Crippen LogP contribution in [0, 0.1) is 0 Å². The Bertz CT molecular complexity index is 412. The van der Waals surface area contributed by atoms with Crippen molar-refractivity contribution in [1.29, 1.82) is 0 Å². The molecule has 0 amide bonds. The van der Waals surface area contributed by atoms with Gasteiger partial charge in [0.25, 0.3) is 0 Å². The van der Waals surface area contributed by atoms with E-state index in [1.807, 2.05) is 25.1 Å². The first-order chi connectivity index (χ1) is 8.61. The Hall–Kier alpha value is -0.970. The number of halogens is 1. The van der Waals surface area contributed by atoms with Gasteiger partial charge in [-0.25, -0.2) is 0 Å². The summed E-state index contributed by atoms with van der Waals surface area (Å²) in [6, 6.07) is 5.86. The molecule has 2 rings (SSSR count). The third-order valence-electron chi connectivity index (χ3n) is 3.29.